The zero-order valence-corrected chi connectivity index (χ0v) is 25.3. The molecule has 0 bridgehead atoms. The quantitative estimate of drug-likeness (QED) is 0.337. The maximum absolute atomic E-state index is 14.1. The molecule has 8 heteroatoms. The summed E-state index contributed by atoms with van der Waals surface area (Å²) in [7, 11) is -4.09. The SMILES string of the molecule is Cc1ccc(S(=O)(=O)N(CC(=O)N(Cc2ccccc2)[C@@H](C)C(=O)NC2CCCCC2)c2cccc(C)c2C)cc1. The predicted molar refractivity (Wildman–Crippen MR) is 163 cm³/mol. The highest BCUT2D eigenvalue weighted by Gasteiger charge is 2.33. The lowest BCUT2D eigenvalue weighted by atomic mass is 9.95. The minimum atomic E-state index is -4.09. The van der Waals surface area contributed by atoms with Gasteiger partial charge in [-0.25, -0.2) is 8.42 Å². The number of hydrogen-bond donors (Lipinski definition) is 1. The molecule has 0 aliphatic heterocycles. The van der Waals surface area contributed by atoms with Crippen molar-refractivity contribution in [1.82, 2.24) is 10.2 Å². The zero-order valence-electron chi connectivity index (χ0n) is 24.5. The van der Waals surface area contributed by atoms with Crippen LogP contribution in [0.25, 0.3) is 0 Å². The summed E-state index contributed by atoms with van der Waals surface area (Å²) >= 11 is 0. The van der Waals surface area contributed by atoms with Gasteiger partial charge in [0.25, 0.3) is 10.0 Å². The molecular formula is C33H41N3O4S. The van der Waals surface area contributed by atoms with E-state index in [4.69, 9.17) is 0 Å². The summed E-state index contributed by atoms with van der Waals surface area (Å²) in [4.78, 5) is 29.2. The molecular weight excluding hydrogens is 534 g/mol. The first-order valence-corrected chi connectivity index (χ1v) is 15.8. The molecule has 41 heavy (non-hydrogen) atoms. The van der Waals surface area contributed by atoms with E-state index in [1.54, 1.807) is 43.3 Å². The van der Waals surface area contributed by atoms with Crippen molar-refractivity contribution in [2.24, 2.45) is 0 Å². The Labute approximate surface area is 244 Å². The normalized spacial score (nSPS) is 14.7. The van der Waals surface area contributed by atoms with Crippen molar-refractivity contribution < 1.29 is 18.0 Å². The number of amides is 2. The van der Waals surface area contributed by atoms with Gasteiger partial charge >= 0.3 is 0 Å². The first-order chi connectivity index (χ1) is 19.6. The van der Waals surface area contributed by atoms with Crippen LogP contribution in [0.5, 0.6) is 0 Å². The van der Waals surface area contributed by atoms with Crippen molar-refractivity contribution in [1.29, 1.82) is 0 Å². The Hall–Kier alpha value is -3.65. The third kappa shape index (κ3) is 7.36. The summed E-state index contributed by atoms with van der Waals surface area (Å²) in [6.45, 7) is 7.13. The van der Waals surface area contributed by atoms with Gasteiger partial charge in [-0.2, -0.15) is 0 Å². The molecule has 1 atom stereocenters. The highest BCUT2D eigenvalue weighted by Crippen LogP contribution is 2.29. The second-order valence-corrected chi connectivity index (χ2v) is 12.9. The summed E-state index contributed by atoms with van der Waals surface area (Å²) in [5, 5.41) is 3.14. The van der Waals surface area contributed by atoms with Crippen LogP contribution in [0.4, 0.5) is 5.69 Å². The lowest BCUT2D eigenvalue weighted by Gasteiger charge is -2.33. The van der Waals surface area contributed by atoms with E-state index in [-0.39, 0.29) is 23.4 Å². The van der Waals surface area contributed by atoms with Gasteiger partial charge in [0.2, 0.25) is 11.8 Å². The van der Waals surface area contributed by atoms with Crippen molar-refractivity contribution in [3.05, 3.63) is 95.1 Å². The molecule has 4 rings (SSSR count). The summed E-state index contributed by atoms with van der Waals surface area (Å²) in [5.41, 5.74) is 3.93. The van der Waals surface area contributed by atoms with E-state index in [1.165, 1.54) is 15.6 Å². The first-order valence-electron chi connectivity index (χ1n) is 14.4. The molecule has 0 aromatic heterocycles. The fourth-order valence-corrected chi connectivity index (χ4v) is 6.76. The molecule has 1 saturated carbocycles. The lowest BCUT2D eigenvalue weighted by Crippen LogP contribution is -2.53. The zero-order chi connectivity index (χ0) is 29.6. The highest BCUT2D eigenvalue weighted by molar-refractivity contribution is 7.92. The number of sulfonamides is 1. The van der Waals surface area contributed by atoms with Crippen molar-refractivity contribution in [2.45, 2.75) is 83.3 Å². The van der Waals surface area contributed by atoms with Crippen molar-refractivity contribution in [2.75, 3.05) is 10.8 Å². The van der Waals surface area contributed by atoms with Crippen LogP contribution in [-0.2, 0) is 26.2 Å². The van der Waals surface area contributed by atoms with Crippen molar-refractivity contribution in [3.8, 4) is 0 Å². The van der Waals surface area contributed by atoms with Crippen LogP contribution in [0.3, 0.4) is 0 Å². The number of benzene rings is 3. The molecule has 1 N–H and O–H groups in total. The van der Waals surface area contributed by atoms with Gasteiger partial charge in [0.1, 0.15) is 12.6 Å². The maximum atomic E-state index is 14.1. The molecule has 1 aliphatic carbocycles. The van der Waals surface area contributed by atoms with E-state index in [2.05, 4.69) is 5.32 Å². The fraction of sp³-hybridized carbons (Fsp3) is 0.394. The molecule has 3 aromatic carbocycles. The van der Waals surface area contributed by atoms with Crippen LogP contribution < -0.4 is 9.62 Å². The average Bonchev–Trinajstić information content (AvgIpc) is 2.97. The fourth-order valence-electron chi connectivity index (χ4n) is 5.29. The van der Waals surface area contributed by atoms with Crippen LogP contribution in [-0.4, -0.2) is 43.8 Å². The van der Waals surface area contributed by atoms with Crippen LogP contribution >= 0.6 is 0 Å². The summed E-state index contributed by atoms with van der Waals surface area (Å²) < 4.78 is 29.3. The number of nitrogens with zero attached hydrogens (tertiary/aromatic N) is 2. The molecule has 0 unspecified atom stereocenters. The first kappa shape index (κ1) is 30.3. The molecule has 1 fully saturated rings. The second kappa shape index (κ2) is 13.3. The third-order valence-corrected chi connectivity index (χ3v) is 9.82. The van der Waals surface area contributed by atoms with Crippen molar-refractivity contribution >= 4 is 27.5 Å². The van der Waals surface area contributed by atoms with Gasteiger partial charge in [-0.05, 0) is 75.4 Å². The summed E-state index contributed by atoms with van der Waals surface area (Å²) in [6.07, 6.45) is 5.19. The van der Waals surface area contributed by atoms with Gasteiger partial charge in [0.15, 0.2) is 0 Å². The molecule has 0 saturated heterocycles. The minimum Gasteiger partial charge on any atom is -0.352 e. The van der Waals surface area contributed by atoms with Crippen LogP contribution in [0.1, 0.15) is 61.3 Å². The standard InChI is InChI=1S/C33H41N3O4S/c1-24-18-20-30(21-19-24)41(39,40)36(31-17-11-12-25(2)26(31)3)23-32(37)35(22-28-13-7-5-8-14-28)27(4)33(38)34-29-15-9-6-10-16-29/h5,7-8,11-14,17-21,27,29H,6,9-10,15-16,22-23H2,1-4H3,(H,34,38)/t27-/m0/s1. The van der Waals surface area contributed by atoms with Gasteiger partial charge < -0.3 is 10.2 Å². The Kier molecular flexibility index (Phi) is 9.86. The minimum absolute atomic E-state index is 0.0979. The predicted octanol–water partition coefficient (Wildman–Crippen LogP) is 5.67. The monoisotopic (exact) mass is 575 g/mol. The van der Waals surface area contributed by atoms with Gasteiger partial charge in [-0.1, -0.05) is 79.4 Å². The molecule has 7 nitrogen and oxygen atoms in total. The molecule has 1 aliphatic rings. The number of nitrogens with one attached hydrogen (secondary N) is 1. The smallest absolute Gasteiger partial charge is 0.264 e. The van der Waals surface area contributed by atoms with Crippen LogP contribution in [0.15, 0.2) is 77.7 Å². The number of aryl methyl sites for hydroxylation is 2. The molecule has 3 aromatic rings. The Balaban J connectivity index is 1.69. The van der Waals surface area contributed by atoms with E-state index < -0.39 is 28.5 Å². The van der Waals surface area contributed by atoms with E-state index in [1.807, 2.05) is 57.2 Å². The number of rotatable bonds is 10. The van der Waals surface area contributed by atoms with E-state index >= 15 is 0 Å². The Morgan fingerprint density at radius 2 is 1.54 bits per heavy atom. The van der Waals surface area contributed by atoms with Gasteiger partial charge in [-0.3, -0.25) is 13.9 Å². The number of carbonyl (C=O) groups is 2. The number of anilines is 1. The second-order valence-electron chi connectivity index (χ2n) is 11.1. The molecule has 0 radical (unpaired) electrons. The van der Waals surface area contributed by atoms with Gasteiger partial charge in [0.05, 0.1) is 10.6 Å². The largest absolute Gasteiger partial charge is 0.352 e. The van der Waals surface area contributed by atoms with Gasteiger partial charge in [-0.15, -0.1) is 0 Å². The molecule has 2 amide bonds. The van der Waals surface area contributed by atoms with E-state index in [0.717, 1.165) is 47.9 Å². The third-order valence-electron chi connectivity index (χ3n) is 8.05. The topological polar surface area (TPSA) is 86.8 Å². The molecule has 0 heterocycles. The number of hydrogen-bond acceptors (Lipinski definition) is 4. The summed E-state index contributed by atoms with van der Waals surface area (Å²) in [5.74, 6) is -0.669. The Bertz CT molecular complexity index is 1450. The number of carbonyl (C=O) groups excluding carboxylic acids is 2. The maximum Gasteiger partial charge on any atom is 0.264 e. The Morgan fingerprint density at radius 1 is 0.878 bits per heavy atom. The average molecular weight is 576 g/mol. The van der Waals surface area contributed by atoms with E-state index in [0.29, 0.717) is 5.69 Å². The van der Waals surface area contributed by atoms with Crippen LogP contribution in [0.2, 0.25) is 0 Å². The Morgan fingerprint density at radius 3 is 2.20 bits per heavy atom. The highest BCUT2D eigenvalue weighted by atomic mass is 32.2. The molecule has 218 valence electrons. The van der Waals surface area contributed by atoms with Crippen molar-refractivity contribution in [3.63, 3.8) is 0 Å². The lowest BCUT2D eigenvalue weighted by molar-refractivity contribution is -0.139. The van der Waals surface area contributed by atoms with Crippen LogP contribution in [0, 0.1) is 20.8 Å². The molecule has 0 spiro atoms. The van der Waals surface area contributed by atoms with E-state index in [9.17, 15) is 18.0 Å². The summed E-state index contributed by atoms with van der Waals surface area (Å²) in [6, 6.07) is 20.8. The van der Waals surface area contributed by atoms with Gasteiger partial charge in [0, 0.05) is 12.6 Å².